The van der Waals surface area contributed by atoms with Crippen molar-refractivity contribution < 1.29 is 17.6 Å². The topological polar surface area (TPSA) is 27.3 Å². The van der Waals surface area contributed by atoms with E-state index in [9.17, 15) is 17.6 Å². The van der Waals surface area contributed by atoms with E-state index < -0.39 is 17.6 Å². The Kier molecular flexibility index (Phi) is 5.09. The van der Waals surface area contributed by atoms with Crippen molar-refractivity contribution in [1.82, 2.24) is 5.32 Å². The quantitative estimate of drug-likeness (QED) is 0.663. The molecule has 0 aliphatic carbocycles. The average molecular weight is 438 g/mol. The van der Waals surface area contributed by atoms with Gasteiger partial charge in [-0.15, -0.1) is 0 Å². The van der Waals surface area contributed by atoms with Crippen LogP contribution in [0.1, 0.15) is 34.6 Å². The van der Waals surface area contributed by atoms with Gasteiger partial charge in [0.2, 0.25) is 0 Å². The number of thioether (sulfide) groups is 1. The van der Waals surface area contributed by atoms with E-state index in [0.717, 1.165) is 49.3 Å². The van der Waals surface area contributed by atoms with Gasteiger partial charge in [0.15, 0.2) is 0 Å². The standard InChI is InChI=1S/C22H23F4N3S/c23-15-2-1-13(19(8-15)22(24,25)26)10-28-16-7-14-12-30-6-5-29-20-3-4-27-11-18(20)17(9-16)21(14)29/h1-2,7-9,18,20,27-28H,3-6,10-12H2/t18-,20-/m0/s1. The molecule has 0 aromatic heterocycles. The van der Waals surface area contributed by atoms with Gasteiger partial charge in [-0.05, 0) is 53.9 Å². The summed E-state index contributed by atoms with van der Waals surface area (Å²) in [5, 5.41) is 6.67. The van der Waals surface area contributed by atoms with E-state index in [1.165, 1.54) is 22.9 Å². The van der Waals surface area contributed by atoms with E-state index in [1.54, 1.807) is 0 Å². The molecule has 160 valence electrons. The zero-order chi connectivity index (χ0) is 20.9. The lowest BCUT2D eigenvalue weighted by molar-refractivity contribution is -0.138. The third kappa shape index (κ3) is 3.54. The SMILES string of the molecule is Fc1ccc(CNc2cc3c4c(c2)[C@@H]2CNCC[C@@H]2N4CCSC3)c(C(F)(F)F)c1. The lowest BCUT2D eigenvalue weighted by atomic mass is 9.89. The summed E-state index contributed by atoms with van der Waals surface area (Å²) >= 11 is 1.90. The van der Waals surface area contributed by atoms with Crippen LogP contribution in [0.15, 0.2) is 30.3 Å². The molecule has 8 heteroatoms. The molecule has 0 radical (unpaired) electrons. The lowest BCUT2D eigenvalue weighted by Gasteiger charge is -2.33. The number of halogens is 4. The molecule has 0 bridgehead atoms. The van der Waals surface area contributed by atoms with Crippen LogP contribution < -0.4 is 15.5 Å². The summed E-state index contributed by atoms with van der Waals surface area (Å²) in [7, 11) is 0. The maximum atomic E-state index is 13.4. The first-order valence-electron chi connectivity index (χ1n) is 10.2. The number of piperidine rings is 1. The zero-order valence-electron chi connectivity index (χ0n) is 16.4. The minimum Gasteiger partial charge on any atom is -0.381 e. The van der Waals surface area contributed by atoms with Crippen LogP contribution in [0.4, 0.5) is 28.9 Å². The molecule has 3 aliphatic heterocycles. The highest BCUT2D eigenvalue weighted by molar-refractivity contribution is 7.98. The number of hydrogen-bond acceptors (Lipinski definition) is 4. The van der Waals surface area contributed by atoms with E-state index >= 15 is 0 Å². The predicted molar refractivity (Wildman–Crippen MR) is 113 cm³/mol. The van der Waals surface area contributed by atoms with Gasteiger partial charge in [-0.1, -0.05) is 6.07 Å². The van der Waals surface area contributed by atoms with E-state index in [4.69, 9.17) is 0 Å². The van der Waals surface area contributed by atoms with Crippen molar-refractivity contribution in [3.8, 4) is 0 Å². The Morgan fingerprint density at radius 1 is 1.20 bits per heavy atom. The highest BCUT2D eigenvalue weighted by Gasteiger charge is 2.41. The van der Waals surface area contributed by atoms with Crippen LogP contribution in [-0.4, -0.2) is 31.4 Å². The summed E-state index contributed by atoms with van der Waals surface area (Å²) in [5.74, 6) is 1.52. The van der Waals surface area contributed by atoms with Crippen molar-refractivity contribution in [3.63, 3.8) is 0 Å². The number of nitrogens with one attached hydrogen (secondary N) is 2. The number of fused-ring (bicyclic) bond motifs is 3. The van der Waals surface area contributed by atoms with Gasteiger partial charge in [-0.25, -0.2) is 4.39 Å². The number of anilines is 2. The molecule has 5 rings (SSSR count). The fourth-order valence-corrected chi connectivity index (χ4v) is 5.96. The molecular weight excluding hydrogens is 414 g/mol. The smallest absolute Gasteiger partial charge is 0.381 e. The summed E-state index contributed by atoms with van der Waals surface area (Å²) in [6.45, 7) is 2.99. The molecule has 3 aliphatic rings. The second-order valence-electron chi connectivity index (χ2n) is 8.14. The minimum atomic E-state index is -4.58. The van der Waals surface area contributed by atoms with Crippen LogP contribution in [0.5, 0.6) is 0 Å². The van der Waals surface area contributed by atoms with Gasteiger partial charge < -0.3 is 15.5 Å². The maximum Gasteiger partial charge on any atom is 0.416 e. The number of alkyl halides is 3. The summed E-state index contributed by atoms with van der Waals surface area (Å²) in [6.07, 6.45) is -3.48. The van der Waals surface area contributed by atoms with Crippen LogP contribution in [-0.2, 0) is 18.5 Å². The zero-order valence-corrected chi connectivity index (χ0v) is 17.2. The first-order chi connectivity index (χ1) is 14.4. The lowest BCUT2D eigenvalue weighted by Crippen LogP contribution is -2.44. The van der Waals surface area contributed by atoms with E-state index in [-0.39, 0.29) is 12.1 Å². The Balaban J connectivity index is 1.46. The van der Waals surface area contributed by atoms with Crippen LogP contribution in [0.2, 0.25) is 0 Å². The van der Waals surface area contributed by atoms with E-state index in [2.05, 4.69) is 27.7 Å². The number of benzene rings is 2. The van der Waals surface area contributed by atoms with Crippen LogP contribution in [0, 0.1) is 5.82 Å². The Hall–Kier alpha value is -1.93. The fraction of sp³-hybridized carbons (Fsp3) is 0.455. The first kappa shape index (κ1) is 20.0. The molecule has 0 amide bonds. The van der Waals surface area contributed by atoms with Gasteiger partial charge >= 0.3 is 6.18 Å². The van der Waals surface area contributed by atoms with Crippen LogP contribution >= 0.6 is 11.8 Å². The Morgan fingerprint density at radius 2 is 2.07 bits per heavy atom. The van der Waals surface area contributed by atoms with Crippen LogP contribution in [0.3, 0.4) is 0 Å². The average Bonchev–Trinajstić information content (AvgIpc) is 2.88. The Labute approximate surface area is 177 Å². The van der Waals surface area contributed by atoms with Gasteiger partial charge in [0.1, 0.15) is 5.82 Å². The molecule has 3 heterocycles. The molecule has 2 N–H and O–H groups in total. The largest absolute Gasteiger partial charge is 0.416 e. The fourth-order valence-electron chi connectivity index (χ4n) is 5.05. The Morgan fingerprint density at radius 3 is 2.90 bits per heavy atom. The summed E-state index contributed by atoms with van der Waals surface area (Å²) in [5.41, 5.74) is 3.83. The van der Waals surface area contributed by atoms with Gasteiger partial charge in [0.05, 0.1) is 5.56 Å². The second kappa shape index (κ2) is 7.64. The molecule has 0 unspecified atom stereocenters. The minimum absolute atomic E-state index is 0.00342. The van der Waals surface area contributed by atoms with Crippen LogP contribution in [0.25, 0.3) is 0 Å². The van der Waals surface area contributed by atoms with Gasteiger partial charge in [0, 0.05) is 54.5 Å². The van der Waals surface area contributed by atoms with Gasteiger partial charge in [-0.3, -0.25) is 0 Å². The van der Waals surface area contributed by atoms with E-state index in [1.807, 2.05) is 11.8 Å². The van der Waals surface area contributed by atoms with Crippen molar-refractivity contribution in [1.29, 1.82) is 0 Å². The highest BCUT2D eigenvalue weighted by Crippen LogP contribution is 2.48. The third-order valence-electron chi connectivity index (χ3n) is 6.35. The molecular formula is C22H23F4N3S. The van der Waals surface area contributed by atoms with Crippen molar-refractivity contribution in [2.24, 2.45) is 0 Å². The molecule has 1 fully saturated rings. The van der Waals surface area contributed by atoms with Crippen molar-refractivity contribution in [2.75, 3.05) is 35.6 Å². The summed E-state index contributed by atoms with van der Waals surface area (Å²) in [6, 6.07) is 7.55. The number of nitrogens with zero attached hydrogens (tertiary/aromatic N) is 1. The predicted octanol–water partition coefficient (Wildman–Crippen LogP) is 4.97. The third-order valence-corrected chi connectivity index (χ3v) is 7.33. The van der Waals surface area contributed by atoms with Crippen molar-refractivity contribution in [3.05, 3.63) is 58.4 Å². The number of hydrogen-bond donors (Lipinski definition) is 2. The Bertz CT molecular complexity index is 962. The van der Waals surface area contributed by atoms with Gasteiger partial charge in [0.25, 0.3) is 0 Å². The first-order valence-corrected chi connectivity index (χ1v) is 11.4. The molecule has 1 saturated heterocycles. The molecule has 3 nitrogen and oxygen atoms in total. The molecule has 2 atom stereocenters. The summed E-state index contributed by atoms with van der Waals surface area (Å²) < 4.78 is 53.4. The molecule has 30 heavy (non-hydrogen) atoms. The number of rotatable bonds is 3. The highest BCUT2D eigenvalue weighted by atomic mass is 32.2. The maximum absolute atomic E-state index is 13.4. The summed E-state index contributed by atoms with van der Waals surface area (Å²) in [4.78, 5) is 2.56. The molecule has 0 saturated carbocycles. The van der Waals surface area contributed by atoms with Gasteiger partial charge in [-0.2, -0.15) is 24.9 Å². The monoisotopic (exact) mass is 437 g/mol. The molecule has 2 aromatic carbocycles. The molecule has 0 spiro atoms. The second-order valence-corrected chi connectivity index (χ2v) is 9.24. The van der Waals surface area contributed by atoms with Crippen molar-refractivity contribution in [2.45, 2.75) is 36.9 Å². The van der Waals surface area contributed by atoms with Crippen molar-refractivity contribution >= 4 is 23.1 Å². The van der Waals surface area contributed by atoms with E-state index in [0.29, 0.717) is 18.0 Å². The normalized spacial score (nSPS) is 23.0. The molecule has 2 aromatic rings.